The van der Waals surface area contributed by atoms with Crippen molar-refractivity contribution in [1.29, 1.82) is 0 Å². The van der Waals surface area contributed by atoms with Crippen LogP contribution in [0.3, 0.4) is 0 Å². The normalized spacial score (nSPS) is 11.7. The zero-order valence-electron chi connectivity index (χ0n) is 17.0. The molecule has 0 fully saturated rings. The van der Waals surface area contributed by atoms with Gasteiger partial charge in [0, 0.05) is 19.1 Å². The standard InChI is InChI=1S/C19H30N6O.HI/c1-14-23-24-17(25(14)5)13-21-18(22-19(2,3)4)20-12-11-15-7-9-16(26-6)10-8-15;/h7-10H,11-13H2,1-6H3,(H2,20,21,22);1H. The van der Waals surface area contributed by atoms with Crippen LogP contribution in [-0.2, 0) is 20.0 Å². The first kappa shape index (κ1) is 23.2. The summed E-state index contributed by atoms with van der Waals surface area (Å²) in [6.45, 7) is 9.53. The lowest BCUT2D eigenvalue weighted by Gasteiger charge is -2.24. The first-order chi connectivity index (χ1) is 12.3. The number of halogens is 1. The maximum Gasteiger partial charge on any atom is 0.192 e. The summed E-state index contributed by atoms with van der Waals surface area (Å²) in [7, 11) is 3.63. The Morgan fingerprint density at radius 2 is 1.85 bits per heavy atom. The van der Waals surface area contributed by atoms with Gasteiger partial charge < -0.3 is 19.9 Å². The number of benzene rings is 1. The molecule has 1 aromatic carbocycles. The summed E-state index contributed by atoms with van der Waals surface area (Å²) in [5, 5.41) is 15.1. The summed E-state index contributed by atoms with van der Waals surface area (Å²) < 4.78 is 7.15. The summed E-state index contributed by atoms with van der Waals surface area (Å²) in [5.41, 5.74) is 1.17. The van der Waals surface area contributed by atoms with Crippen LogP contribution in [0.4, 0.5) is 0 Å². The van der Waals surface area contributed by atoms with Gasteiger partial charge in [0.1, 0.15) is 18.1 Å². The second kappa shape index (κ2) is 10.5. The van der Waals surface area contributed by atoms with E-state index in [-0.39, 0.29) is 29.5 Å². The predicted molar refractivity (Wildman–Crippen MR) is 120 cm³/mol. The average Bonchev–Trinajstić information content (AvgIpc) is 2.91. The molecule has 1 aromatic heterocycles. The fourth-order valence-electron chi connectivity index (χ4n) is 2.35. The molecule has 0 saturated heterocycles. The lowest BCUT2D eigenvalue weighted by molar-refractivity contribution is 0.414. The van der Waals surface area contributed by atoms with E-state index in [1.807, 2.05) is 30.7 Å². The van der Waals surface area contributed by atoms with Crippen LogP contribution in [-0.4, -0.2) is 39.9 Å². The summed E-state index contributed by atoms with van der Waals surface area (Å²) >= 11 is 0. The van der Waals surface area contributed by atoms with E-state index in [4.69, 9.17) is 4.74 Å². The van der Waals surface area contributed by atoms with E-state index in [0.717, 1.165) is 36.3 Å². The van der Waals surface area contributed by atoms with E-state index in [1.165, 1.54) is 5.56 Å². The van der Waals surface area contributed by atoms with Gasteiger partial charge in [0.25, 0.3) is 0 Å². The molecule has 27 heavy (non-hydrogen) atoms. The minimum absolute atomic E-state index is 0. The number of rotatable bonds is 6. The second-order valence-electron chi connectivity index (χ2n) is 7.29. The van der Waals surface area contributed by atoms with Gasteiger partial charge in [-0.15, -0.1) is 34.2 Å². The maximum absolute atomic E-state index is 5.19. The summed E-state index contributed by atoms with van der Waals surface area (Å²) in [6, 6.07) is 8.12. The molecule has 0 spiro atoms. The average molecular weight is 486 g/mol. The number of aromatic nitrogens is 3. The lowest BCUT2D eigenvalue weighted by atomic mass is 10.1. The number of methoxy groups -OCH3 is 1. The lowest BCUT2D eigenvalue weighted by Crippen LogP contribution is -2.48. The number of ether oxygens (including phenoxy) is 1. The van der Waals surface area contributed by atoms with Gasteiger partial charge in [-0.1, -0.05) is 12.1 Å². The van der Waals surface area contributed by atoms with Crippen LogP contribution in [0.1, 0.15) is 38.0 Å². The number of guanidine groups is 1. The maximum atomic E-state index is 5.19. The number of aliphatic imine (C=N–C) groups is 1. The predicted octanol–water partition coefficient (Wildman–Crippen LogP) is 2.83. The highest BCUT2D eigenvalue weighted by Gasteiger charge is 2.13. The van der Waals surface area contributed by atoms with Crippen LogP contribution >= 0.6 is 24.0 Å². The summed E-state index contributed by atoms with van der Waals surface area (Å²) in [6.07, 6.45) is 0.901. The Hall–Kier alpha value is -1.84. The highest BCUT2D eigenvalue weighted by Crippen LogP contribution is 2.11. The van der Waals surface area contributed by atoms with E-state index >= 15 is 0 Å². The van der Waals surface area contributed by atoms with Crippen molar-refractivity contribution in [2.45, 2.75) is 46.2 Å². The van der Waals surface area contributed by atoms with Crippen molar-refractivity contribution in [1.82, 2.24) is 25.4 Å². The minimum Gasteiger partial charge on any atom is -0.497 e. The van der Waals surface area contributed by atoms with E-state index in [2.05, 4.69) is 58.7 Å². The molecule has 0 amide bonds. The highest BCUT2D eigenvalue weighted by atomic mass is 127. The number of nitrogens with zero attached hydrogens (tertiary/aromatic N) is 4. The molecule has 2 rings (SSSR count). The fourth-order valence-corrected chi connectivity index (χ4v) is 2.35. The molecule has 1 heterocycles. The molecule has 2 N–H and O–H groups in total. The Labute approximate surface area is 179 Å². The largest absolute Gasteiger partial charge is 0.497 e. The van der Waals surface area contributed by atoms with Gasteiger partial charge in [-0.3, -0.25) is 0 Å². The van der Waals surface area contributed by atoms with Gasteiger partial charge in [0.15, 0.2) is 11.8 Å². The second-order valence-corrected chi connectivity index (χ2v) is 7.29. The molecule has 7 nitrogen and oxygen atoms in total. The van der Waals surface area contributed by atoms with Gasteiger partial charge in [-0.25, -0.2) is 4.99 Å². The molecule has 0 bridgehead atoms. The Bertz CT molecular complexity index is 734. The van der Waals surface area contributed by atoms with E-state index < -0.39 is 0 Å². The van der Waals surface area contributed by atoms with Crippen LogP contribution in [0, 0.1) is 6.92 Å². The van der Waals surface area contributed by atoms with Crippen molar-refractivity contribution < 1.29 is 4.74 Å². The fraction of sp³-hybridized carbons (Fsp3) is 0.526. The first-order valence-corrected chi connectivity index (χ1v) is 8.83. The van der Waals surface area contributed by atoms with Crippen LogP contribution in [0.2, 0.25) is 0 Å². The Morgan fingerprint density at radius 3 is 2.37 bits per heavy atom. The number of nitrogens with one attached hydrogen (secondary N) is 2. The molecule has 0 aliphatic carbocycles. The molecular formula is C19H31IN6O. The molecule has 2 aromatic rings. The number of hydrogen-bond donors (Lipinski definition) is 2. The molecule has 8 heteroatoms. The molecule has 0 saturated carbocycles. The minimum atomic E-state index is -0.0816. The summed E-state index contributed by atoms with van der Waals surface area (Å²) in [4.78, 5) is 4.66. The van der Waals surface area contributed by atoms with Crippen LogP contribution in [0.15, 0.2) is 29.3 Å². The van der Waals surface area contributed by atoms with Crippen molar-refractivity contribution in [3.8, 4) is 5.75 Å². The van der Waals surface area contributed by atoms with Crippen molar-refractivity contribution in [3.63, 3.8) is 0 Å². The van der Waals surface area contributed by atoms with Crippen molar-refractivity contribution >= 4 is 29.9 Å². The zero-order valence-corrected chi connectivity index (χ0v) is 19.4. The first-order valence-electron chi connectivity index (χ1n) is 8.83. The molecule has 150 valence electrons. The van der Waals surface area contributed by atoms with Crippen molar-refractivity contribution in [2.24, 2.45) is 12.0 Å². The smallest absolute Gasteiger partial charge is 0.192 e. The number of aryl methyl sites for hydroxylation is 1. The molecule has 0 radical (unpaired) electrons. The van der Waals surface area contributed by atoms with E-state index in [1.54, 1.807) is 7.11 Å². The SMILES string of the molecule is COc1ccc(CCNC(=NCc2nnc(C)n2C)NC(C)(C)C)cc1.I. The molecule has 0 aliphatic rings. The monoisotopic (exact) mass is 486 g/mol. The Balaban J connectivity index is 0.00000364. The topological polar surface area (TPSA) is 76.4 Å². The van der Waals surface area contributed by atoms with Crippen LogP contribution in [0.25, 0.3) is 0 Å². The van der Waals surface area contributed by atoms with Crippen LogP contribution < -0.4 is 15.4 Å². The highest BCUT2D eigenvalue weighted by molar-refractivity contribution is 14.0. The third-order valence-corrected chi connectivity index (χ3v) is 3.92. The van der Waals surface area contributed by atoms with Gasteiger partial charge >= 0.3 is 0 Å². The van der Waals surface area contributed by atoms with Gasteiger partial charge in [-0.05, 0) is 51.8 Å². The number of hydrogen-bond acceptors (Lipinski definition) is 4. The molecule has 0 unspecified atom stereocenters. The molecular weight excluding hydrogens is 455 g/mol. The van der Waals surface area contributed by atoms with E-state index in [9.17, 15) is 0 Å². The Kier molecular flexibility index (Phi) is 9.01. The van der Waals surface area contributed by atoms with Crippen LogP contribution in [0.5, 0.6) is 5.75 Å². The van der Waals surface area contributed by atoms with Crippen molar-refractivity contribution in [3.05, 3.63) is 41.5 Å². The molecule has 0 atom stereocenters. The van der Waals surface area contributed by atoms with E-state index in [0.29, 0.717) is 6.54 Å². The quantitative estimate of drug-likeness (QED) is 0.373. The summed E-state index contributed by atoms with van der Waals surface area (Å²) in [5.74, 6) is 3.37. The zero-order chi connectivity index (χ0) is 19.2. The van der Waals surface area contributed by atoms with Gasteiger partial charge in [0.05, 0.1) is 7.11 Å². The Morgan fingerprint density at radius 1 is 1.19 bits per heavy atom. The third kappa shape index (κ3) is 7.74. The third-order valence-electron chi connectivity index (χ3n) is 3.92. The van der Waals surface area contributed by atoms with Gasteiger partial charge in [0.2, 0.25) is 0 Å². The van der Waals surface area contributed by atoms with Crippen molar-refractivity contribution in [2.75, 3.05) is 13.7 Å². The van der Waals surface area contributed by atoms with Gasteiger partial charge in [-0.2, -0.15) is 0 Å². The molecule has 0 aliphatic heterocycles.